The minimum Gasteiger partial charge on any atom is -0.484 e. The number of ether oxygens (including phenoxy) is 2. The van der Waals surface area contributed by atoms with Crippen molar-refractivity contribution in [3.8, 4) is 11.5 Å². The highest BCUT2D eigenvalue weighted by atomic mass is 35.5. The normalized spacial score (nSPS) is 10.6. The lowest BCUT2D eigenvalue weighted by Crippen LogP contribution is -2.30. The zero-order valence-electron chi connectivity index (χ0n) is 13.6. The van der Waals surface area contributed by atoms with Crippen LogP contribution in [0.25, 0.3) is 0 Å². The Hall–Kier alpha value is -2.34. The van der Waals surface area contributed by atoms with Gasteiger partial charge < -0.3 is 14.8 Å². The van der Waals surface area contributed by atoms with E-state index in [2.05, 4.69) is 10.1 Å². The van der Waals surface area contributed by atoms with Crippen molar-refractivity contribution in [2.24, 2.45) is 0 Å². The average molecular weight is 370 g/mol. The molecule has 0 spiro atoms. The van der Waals surface area contributed by atoms with E-state index in [1.54, 1.807) is 30.3 Å². The van der Waals surface area contributed by atoms with E-state index in [0.29, 0.717) is 23.7 Å². The van der Waals surface area contributed by atoms with Gasteiger partial charge in [-0.05, 0) is 54.8 Å². The number of halogens is 3. The standard InChI is InChI=1S/C18H18ClF2NO3/c1-12-10-15(6-7-16(12)19)24-11-17(23)22-9-8-13-2-4-14(5-3-13)25-18(20)21/h2-7,10,18H,8-9,11H2,1H3,(H,22,23). The van der Waals surface area contributed by atoms with Crippen molar-refractivity contribution in [3.05, 3.63) is 58.6 Å². The molecule has 25 heavy (non-hydrogen) atoms. The van der Waals surface area contributed by atoms with E-state index in [4.69, 9.17) is 16.3 Å². The van der Waals surface area contributed by atoms with Gasteiger partial charge in [-0.15, -0.1) is 0 Å². The van der Waals surface area contributed by atoms with Crippen molar-refractivity contribution in [2.45, 2.75) is 20.0 Å². The summed E-state index contributed by atoms with van der Waals surface area (Å²) < 4.78 is 33.8. The molecule has 0 aliphatic rings. The van der Waals surface area contributed by atoms with E-state index in [9.17, 15) is 13.6 Å². The van der Waals surface area contributed by atoms with Crippen LogP contribution in [0.2, 0.25) is 5.02 Å². The highest BCUT2D eigenvalue weighted by Crippen LogP contribution is 2.20. The maximum atomic E-state index is 12.1. The van der Waals surface area contributed by atoms with Crippen LogP contribution in [0.15, 0.2) is 42.5 Å². The predicted octanol–water partition coefficient (Wildman–Crippen LogP) is 3.99. The highest BCUT2D eigenvalue weighted by Gasteiger charge is 2.06. The minimum absolute atomic E-state index is 0.0950. The first-order valence-electron chi connectivity index (χ1n) is 7.63. The van der Waals surface area contributed by atoms with Crippen LogP contribution in [-0.2, 0) is 11.2 Å². The lowest BCUT2D eigenvalue weighted by Gasteiger charge is -2.09. The van der Waals surface area contributed by atoms with Crippen LogP contribution in [0.3, 0.4) is 0 Å². The maximum Gasteiger partial charge on any atom is 0.387 e. The van der Waals surface area contributed by atoms with Crippen LogP contribution >= 0.6 is 11.6 Å². The van der Waals surface area contributed by atoms with Gasteiger partial charge >= 0.3 is 6.61 Å². The lowest BCUT2D eigenvalue weighted by molar-refractivity contribution is -0.123. The fourth-order valence-corrected chi connectivity index (χ4v) is 2.21. The van der Waals surface area contributed by atoms with E-state index in [0.717, 1.165) is 11.1 Å². The third-order valence-electron chi connectivity index (χ3n) is 3.38. The fourth-order valence-electron chi connectivity index (χ4n) is 2.09. The zero-order valence-corrected chi connectivity index (χ0v) is 14.4. The third-order valence-corrected chi connectivity index (χ3v) is 3.81. The molecular formula is C18H18ClF2NO3. The van der Waals surface area contributed by atoms with Gasteiger partial charge in [-0.2, -0.15) is 8.78 Å². The number of carbonyl (C=O) groups excluding carboxylic acids is 1. The maximum absolute atomic E-state index is 12.1. The minimum atomic E-state index is -2.84. The first-order valence-corrected chi connectivity index (χ1v) is 8.01. The summed E-state index contributed by atoms with van der Waals surface area (Å²) in [5.74, 6) is 0.436. The van der Waals surface area contributed by atoms with Crippen LogP contribution in [0.4, 0.5) is 8.78 Å². The fraction of sp³-hybridized carbons (Fsp3) is 0.278. The van der Waals surface area contributed by atoms with E-state index in [1.807, 2.05) is 6.92 Å². The summed E-state index contributed by atoms with van der Waals surface area (Å²) in [5.41, 5.74) is 1.77. The Kier molecular flexibility index (Phi) is 7.01. The van der Waals surface area contributed by atoms with Crippen molar-refractivity contribution in [1.29, 1.82) is 0 Å². The van der Waals surface area contributed by atoms with Gasteiger partial charge in [0.1, 0.15) is 11.5 Å². The van der Waals surface area contributed by atoms with Crippen molar-refractivity contribution < 1.29 is 23.0 Å². The molecule has 1 amide bonds. The number of nitrogens with one attached hydrogen (secondary N) is 1. The molecule has 0 saturated heterocycles. The van der Waals surface area contributed by atoms with E-state index < -0.39 is 6.61 Å². The molecule has 2 aromatic rings. The van der Waals surface area contributed by atoms with Crippen molar-refractivity contribution in [2.75, 3.05) is 13.2 Å². The first kappa shape index (κ1) is 19.0. The summed E-state index contributed by atoms with van der Waals surface area (Å²) >= 11 is 5.92. The van der Waals surface area contributed by atoms with Gasteiger partial charge in [-0.25, -0.2) is 0 Å². The molecule has 7 heteroatoms. The zero-order chi connectivity index (χ0) is 18.2. The van der Waals surface area contributed by atoms with Gasteiger partial charge in [0.05, 0.1) is 0 Å². The lowest BCUT2D eigenvalue weighted by atomic mass is 10.1. The number of carbonyl (C=O) groups is 1. The molecule has 0 atom stereocenters. The molecule has 0 fully saturated rings. The number of aryl methyl sites for hydroxylation is 1. The van der Waals surface area contributed by atoms with Gasteiger partial charge in [0.25, 0.3) is 5.91 Å². The summed E-state index contributed by atoms with van der Waals surface area (Å²) in [6, 6.07) is 11.5. The summed E-state index contributed by atoms with van der Waals surface area (Å²) in [4.78, 5) is 11.8. The largest absolute Gasteiger partial charge is 0.484 e. The molecule has 2 rings (SSSR count). The van der Waals surface area contributed by atoms with Crippen molar-refractivity contribution in [3.63, 3.8) is 0 Å². The average Bonchev–Trinajstić information content (AvgIpc) is 2.57. The summed E-state index contributed by atoms with van der Waals surface area (Å²) in [6.07, 6.45) is 0.570. The van der Waals surface area contributed by atoms with Gasteiger partial charge in [-0.3, -0.25) is 4.79 Å². The summed E-state index contributed by atoms with van der Waals surface area (Å²) in [6.45, 7) is -0.666. The second kappa shape index (κ2) is 9.22. The number of hydrogen-bond donors (Lipinski definition) is 1. The molecule has 0 unspecified atom stereocenters. The van der Waals surface area contributed by atoms with Gasteiger partial charge in [0, 0.05) is 11.6 Å². The Morgan fingerprint density at radius 2 is 1.84 bits per heavy atom. The smallest absolute Gasteiger partial charge is 0.387 e. The number of benzene rings is 2. The van der Waals surface area contributed by atoms with Crippen molar-refractivity contribution >= 4 is 17.5 Å². The molecule has 0 bridgehead atoms. The Balaban J connectivity index is 1.70. The Morgan fingerprint density at radius 1 is 1.16 bits per heavy atom. The van der Waals surface area contributed by atoms with E-state index in [1.165, 1.54) is 12.1 Å². The van der Waals surface area contributed by atoms with Gasteiger partial charge in [-0.1, -0.05) is 23.7 Å². The number of amides is 1. The molecule has 1 N–H and O–H groups in total. The van der Waals surface area contributed by atoms with Crippen LogP contribution < -0.4 is 14.8 Å². The third kappa shape index (κ3) is 6.58. The second-order valence-corrected chi connectivity index (χ2v) is 5.73. The van der Waals surface area contributed by atoms with Crippen LogP contribution in [0.1, 0.15) is 11.1 Å². The van der Waals surface area contributed by atoms with Crippen LogP contribution in [0.5, 0.6) is 11.5 Å². The SMILES string of the molecule is Cc1cc(OCC(=O)NCCc2ccc(OC(F)F)cc2)ccc1Cl. The molecule has 0 radical (unpaired) electrons. The molecule has 0 aromatic heterocycles. The second-order valence-electron chi connectivity index (χ2n) is 5.32. The quantitative estimate of drug-likeness (QED) is 0.765. The van der Waals surface area contributed by atoms with Gasteiger partial charge in [0.15, 0.2) is 6.61 Å². The first-order chi connectivity index (χ1) is 11.9. The predicted molar refractivity (Wildman–Crippen MR) is 91.5 cm³/mol. The molecule has 4 nitrogen and oxygen atoms in total. The highest BCUT2D eigenvalue weighted by molar-refractivity contribution is 6.31. The number of rotatable bonds is 8. The Labute approximate surface area is 149 Å². The summed E-state index contributed by atoms with van der Waals surface area (Å²) in [5, 5.41) is 3.37. The van der Waals surface area contributed by atoms with Crippen molar-refractivity contribution in [1.82, 2.24) is 5.32 Å². The van der Waals surface area contributed by atoms with E-state index in [-0.39, 0.29) is 18.3 Å². The Bertz CT molecular complexity index is 708. The monoisotopic (exact) mass is 369 g/mol. The molecule has 0 heterocycles. The molecular weight excluding hydrogens is 352 g/mol. The molecule has 134 valence electrons. The molecule has 2 aromatic carbocycles. The number of hydrogen-bond acceptors (Lipinski definition) is 3. The molecule has 0 aliphatic carbocycles. The van der Waals surface area contributed by atoms with Crippen LogP contribution in [-0.4, -0.2) is 25.7 Å². The summed E-state index contributed by atoms with van der Waals surface area (Å²) in [7, 11) is 0. The van der Waals surface area contributed by atoms with Gasteiger partial charge in [0.2, 0.25) is 0 Å². The molecule has 0 saturated carbocycles. The van der Waals surface area contributed by atoms with Crippen LogP contribution in [0, 0.1) is 6.92 Å². The number of alkyl halides is 2. The molecule has 0 aliphatic heterocycles. The Morgan fingerprint density at radius 3 is 2.48 bits per heavy atom. The topological polar surface area (TPSA) is 47.6 Å². The van der Waals surface area contributed by atoms with E-state index >= 15 is 0 Å².